The summed E-state index contributed by atoms with van der Waals surface area (Å²) < 4.78 is 6.49. The lowest BCUT2D eigenvalue weighted by Crippen LogP contribution is -2.61. The van der Waals surface area contributed by atoms with Crippen molar-refractivity contribution in [2.75, 3.05) is 39.4 Å². The number of hydrogen-bond acceptors (Lipinski definition) is 5. The highest BCUT2D eigenvalue weighted by molar-refractivity contribution is 9.11. The molecular formula is C15H22BrN3O2S. The molecule has 0 aliphatic carbocycles. The van der Waals surface area contributed by atoms with Gasteiger partial charge in [0.25, 0.3) is 0 Å². The number of hydrogen-bond donors (Lipinski definition) is 1. The zero-order chi connectivity index (χ0) is 15.6. The lowest BCUT2D eigenvalue weighted by molar-refractivity contribution is -0.142. The number of carbonyl (C=O) groups is 1. The summed E-state index contributed by atoms with van der Waals surface area (Å²) >= 11 is 5.27. The van der Waals surface area contributed by atoms with Crippen molar-refractivity contribution in [2.24, 2.45) is 5.73 Å². The van der Waals surface area contributed by atoms with E-state index in [2.05, 4.69) is 33.0 Å². The maximum absolute atomic E-state index is 12.7. The molecule has 2 saturated heterocycles. The Hall–Kier alpha value is -0.470. The van der Waals surface area contributed by atoms with Gasteiger partial charge in [0.15, 0.2) is 0 Å². The Balaban J connectivity index is 1.51. The quantitative estimate of drug-likeness (QED) is 0.856. The van der Waals surface area contributed by atoms with Gasteiger partial charge in [0.1, 0.15) is 0 Å². The first kappa shape index (κ1) is 16.4. The van der Waals surface area contributed by atoms with Gasteiger partial charge in [-0.25, -0.2) is 0 Å². The van der Waals surface area contributed by atoms with Gasteiger partial charge in [0, 0.05) is 50.8 Å². The van der Waals surface area contributed by atoms with E-state index in [1.54, 1.807) is 11.3 Å². The van der Waals surface area contributed by atoms with Gasteiger partial charge in [0.2, 0.25) is 5.91 Å². The molecule has 5 nitrogen and oxygen atoms in total. The molecule has 2 aliphatic heterocycles. The number of halogens is 1. The monoisotopic (exact) mass is 387 g/mol. The van der Waals surface area contributed by atoms with E-state index in [4.69, 9.17) is 10.5 Å². The first-order valence-electron chi connectivity index (χ1n) is 7.69. The second kappa shape index (κ2) is 6.97. The third-order valence-electron chi connectivity index (χ3n) is 4.48. The summed E-state index contributed by atoms with van der Waals surface area (Å²) in [5.41, 5.74) is 5.60. The average Bonchev–Trinajstić information content (AvgIpc) is 2.93. The molecule has 122 valence electrons. The van der Waals surface area contributed by atoms with Crippen molar-refractivity contribution in [3.63, 3.8) is 0 Å². The fraction of sp³-hybridized carbons (Fsp3) is 0.667. The van der Waals surface area contributed by atoms with Crippen molar-refractivity contribution in [2.45, 2.75) is 24.9 Å². The summed E-state index contributed by atoms with van der Waals surface area (Å²) in [6.07, 6.45) is 1.27. The zero-order valence-electron chi connectivity index (χ0n) is 12.6. The predicted molar refractivity (Wildman–Crippen MR) is 90.8 cm³/mol. The van der Waals surface area contributed by atoms with E-state index < -0.39 is 5.54 Å². The summed E-state index contributed by atoms with van der Waals surface area (Å²) in [7, 11) is 0. The highest BCUT2D eigenvalue weighted by atomic mass is 79.9. The number of nitrogens with two attached hydrogens (primary N) is 1. The van der Waals surface area contributed by atoms with Crippen LogP contribution in [0.3, 0.4) is 0 Å². The molecule has 1 aromatic heterocycles. The van der Waals surface area contributed by atoms with E-state index in [0.29, 0.717) is 26.1 Å². The van der Waals surface area contributed by atoms with Crippen molar-refractivity contribution < 1.29 is 9.53 Å². The van der Waals surface area contributed by atoms with Crippen LogP contribution in [0.5, 0.6) is 0 Å². The molecule has 2 N–H and O–H groups in total. The van der Waals surface area contributed by atoms with E-state index >= 15 is 0 Å². The molecule has 0 saturated carbocycles. The molecule has 0 atom stereocenters. The summed E-state index contributed by atoms with van der Waals surface area (Å²) in [5.74, 6) is 0.106. The number of thiophene rings is 1. The summed E-state index contributed by atoms with van der Waals surface area (Å²) in [4.78, 5) is 18.4. The van der Waals surface area contributed by atoms with Crippen LogP contribution in [0.1, 0.15) is 17.7 Å². The standard InChI is InChI=1S/C15H22BrN3O2S/c16-13-2-1-12(22-13)11-18-5-7-19(8-6-18)14(20)15(17)3-9-21-10-4-15/h1-2H,3-11,17H2. The van der Waals surface area contributed by atoms with Crippen molar-refractivity contribution in [3.8, 4) is 0 Å². The van der Waals surface area contributed by atoms with E-state index in [9.17, 15) is 4.79 Å². The van der Waals surface area contributed by atoms with E-state index in [1.165, 1.54) is 8.66 Å². The van der Waals surface area contributed by atoms with Gasteiger partial charge < -0.3 is 15.4 Å². The molecule has 2 fully saturated rings. The number of ether oxygens (including phenoxy) is 1. The van der Waals surface area contributed by atoms with Crippen LogP contribution in [0.2, 0.25) is 0 Å². The molecule has 2 aliphatic rings. The normalized spacial score (nSPS) is 22.7. The van der Waals surface area contributed by atoms with Crippen LogP contribution in [-0.2, 0) is 16.1 Å². The Labute approximate surface area is 143 Å². The molecule has 0 radical (unpaired) electrons. The molecule has 0 bridgehead atoms. The van der Waals surface area contributed by atoms with Gasteiger partial charge >= 0.3 is 0 Å². The van der Waals surface area contributed by atoms with Gasteiger partial charge in [-0.3, -0.25) is 9.69 Å². The Morgan fingerprint density at radius 3 is 2.55 bits per heavy atom. The second-order valence-corrected chi connectivity index (χ2v) is 8.59. The van der Waals surface area contributed by atoms with Crippen LogP contribution in [0.25, 0.3) is 0 Å². The minimum atomic E-state index is -0.709. The maximum Gasteiger partial charge on any atom is 0.242 e. The Bertz CT molecular complexity index is 523. The van der Waals surface area contributed by atoms with Crippen molar-refractivity contribution in [1.82, 2.24) is 9.80 Å². The third kappa shape index (κ3) is 3.71. The fourth-order valence-corrected chi connectivity index (χ4v) is 4.56. The van der Waals surface area contributed by atoms with E-state index in [1.807, 2.05) is 4.90 Å². The van der Waals surface area contributed by atoms with Crippen LogP contribution >= 0.6 is 27.3 Å². The highest BCUT2D eigenvalue weighted by Gasteiger charge is 2.39. The van der Waals surface area contributed by atoms with Crippen LogP contribution in [0, 0.1) is 0 Å². The fourth-order valence-electron chi connectivity index (χ4n) is 3.03. The van der Waals surface area contributed by atoms with Crippen LogP contribution in [0.15, 0.2) is 15.9 Å². The molecule has 0 aromatic carbocycles. The second-order valence-electron chi connectivity index (χ2n) is 6.04. The molecule has 7 heteroatoms. The Morgan fingerprint density at radius 1 is 1.27 bits per heavy atom. The van der Waals surface area contributed by atoms with Crippen molar-refractivity contribution >= 4 is 33.2 Å². The average molecular weight is 388 g/mol. The number of rotatable bonds is 3. The Kier molecular flexibility index (Phi) is 5.19. The lowest BCUT2D eigenvalue weighted by atomic mass is 9.89. The number of nitrogens with zero attached hydrogens (tertiary/aromatic N) is 2. The van der Waals surface area contributed by atoms with Crippen LogP contribution < -0.4 is 5.73 Å². The van der Waals surface area contributed by atoms with Gasteiger partial charge in [0.05, 0.1) is 9.33 Å². The first-order chi connectivity index (χ1) is 10.6. The summed E-state index contributed by atoms with van der Waals surface area (Å²) in [6, 6.07) is 4.24. The van der Waals surface area contributed by atoms with Crippen LogP contribution in [0.4, 0.5) is 0 Å². The van der Waals surface area contributed by atoms with Gasteiger partial charge in [-0.15, -0.1) is 11.3 Å². The maximum atomic E-state index is 12.7. The topological polar surface area (TPSA) is 58.8 Å². The molecule has 1 aromatic rings. The van der Waals surface area contributed by atoms with Crippen LogP contribution in [-0.4, -0.2) is 60.6 Å². The molecule has 0 spiro atoms. The third-order valence-corrected chi connectivity index (χ3v) is 6.09. The first-order valence-corrected chi connectivity index (χ1v) is 9.30. The molecular weight excluding hydrogens is 366 g/mol. The summed E-state index contributed by atoms with van der Waals surface area (Å²) in [5, 5.41) is 0. The van der Waals surface area contributed by atoms with Gasteiger partial charge in [-0.05, 0) is 40.9 Å². The molecule has 3 rings (SSSR count). The Morgan fingerprint density at radius 2 is 1.95 bits per heavy atom. The van der Waals surface area contributed by atoms with Gasteiger partial charge in [-0.1, -0.05) is 0 Å². The van der Waals surface area contributed by atoms with Crippen molar-refractivity contribution in [1.29, 1.82) is 0 Å². The number of piperazine rings is 1. The predicted octanol–water partition coefficient (Wildman–Crippen LogP) is 1.66. The summed E-state index contributed by atoms with van der Waals surface area (Å²) in [6.45, 7) is 5.50. The molecule has 1 amide bonds. The van der Waals surface area contributed by atoms with Crippen molar-refractivity contribution in [3.05, 3.63) is 20.8 Å². The SMILES string of the molecule is NC1(C(=O)N2CCN(Cc3ccc(Br)s3)CC2)CCOCC1. The van der Waals surface area contributed by atoms with E-state index in [0.717, 1.165) is 32.7 Å². The lowest BCUT2D eigenvalue weighted by Gasteiger charge is -2.40. The smallest absolute Gasteiger partial charge is 0.242 e. The molecule has 3 heterocycles. The largest absolute Gasteiger partial charge is 0.381 e. The zero-order valence-corrected chi connectivity index (χ0v) is 15.0. The number of carbonyl (C=O) groups excluding carboxylic acids is 1. The highest BCUT2D eigenvalue weighted by Crippen LogP contribution is 2.24. The molecule has 0 unspecified atom stereocenters. The molecule has 22 heavy (non-hydrogen) atoms. The number of amides is 1. The minimum Gasteiger partial charge on any atom is -0.381 e. The van der Waals surface area contributed by atoms with E-state index in [-0.39, 0.29) is 5.91 Å². The van der Waals surface area contributed by atoms with Gasteiger partial charge in [-0.2, -0.15) is 0 Å². The minimum absolute atomic E-state index is 0.106.